The van der Waals surface area contributed by atoms with Gasteiger partial charge in [-0.15, -0.1) is 15.3 Å². The first kappa shape index (κ1) is 15.3. The maximum atomic E-state index is 13.0. The van der Waals surface area contributed by atoms with Crippen LogP contribution in [0.15, 0.2) is 47.8 Å². The zero-order chi connectivity index (χ0) is 18.5. The number of rotatable bonds is 2. The monoisotopic (exact) mass is 359 g/mol. The molecule has 0 amide bonds. The maximum Gasteiger partial charge on any atom is 0.280 e. The standard InChI is InChI=1S/C17H13N9O/c1-10-21-22-11(2)26(10)24-8-5-14-13(16(24)27)9-19-17-20-15(23-25(14)17)12-3-6-18-7-4-12/h3-9H,1-2H3. The zero-order valence-electron chi connectivity index (χ0n) is 14.5. The van der Waals surface area contributed by atoms with Gasteiger partial charge in [-0.05, 0) is 32.0 Å². The van der Waals surface area contributed by atoms with E-state index in [1.165, 1.54) is 10.9 Å². The lowest BCUT2D eigenvalue weighted by atomic mass is 10.3. The van der Waals surface area contributed by atoms with Crippen molar-refractivity contribution in [2.24, 2.45) is 0 Å². The summed E-state index contributed by atoms with van der Waals surface area (Å²) in [6.45, 7) is 3.58. The van der Waals surface area contributed by atoms with E-state index >= 15 is 0 Å². The zero-order valence-corrected chi connectivity index (χ0v) is 14.5. The van der Waals surface area contributed by atoms with Crippen LogP contribution in [0.3, 0.4) is 0 Å². The Morgan fingerprint density at radius 3 is 2.48 bits per heavy atom. The van der Waals surface area contributed by atoms with Crippen molar-refractivity contribution < 1.29 is 0 Å². The van der Waals surface area contributed by atoms with E-state index in [9.17, 15) is 4.79 Å². The van der Waals surface area contributed by atoms with Crippen molar-refractivity contribution in [3.63, 3.8) is 0 Å². The van der Waals surface area contributed by atoms with E-state index < -0.39 is 0 Å². The maximum absolute atomic E-state index is 13.0. The summed E-state index contributed by atoms with van der Waals surface area (Å²) in [5, 5.41) is 12.9. The molecular weight excluding hydrogens is 346 g/mol. The highest BCUT2D eigenvalue weighted by molar-refractivity contribution is 5.79. The number of fused-ring (bicyclic) bond motifs is 3. The van der Waals surface area contributed by atoms with Gasteiger partial charge in [0, 0.05) is 30.4 Å². The van der Waals surface area contributed by atoms with Gasteiger partial charge in [-0.25, -0.2) is 14.3 Å². The second-order valence-electron chi connectivity index (χ2n) is 6.01. The molecule has 0 aliphatic rings. The highest BCUT2D eigenvalue weighted by Crippen LogP contribution is 2.17. The minimum atomic E-state index is -0.242. The molecule has 0 saturated heterocycles. The quantitative estimate of drug-likeness (QED) is 0.463. The van der Waals surface area contributed by atoms with Gasteiger partial charge in [0.1, 0.15) is 11.6 Å². The van der Waals surface area contributed by atoms with Crippen molar-refractivity contribution in [3.05, 3.63) is 65.0 Å². The van der Waals surface area contributed by atoms with Crippen LogP contribution >= 0.6 is 0 Å². The minimum Gasteiger partial charge on any atom is -0.267 e. The lowest BCUT2D eigenvalue weighted by Gasteiger charge is -2.10. The Kier molecular flexibility index (Phi) is 3.13. The first-order chi connectivity index (χ1) is 13.1. The third kappa shape index (κ3) is 2.23. The molecule has 0 unspecified atom stereocenters. The van der Waals surface area contributed by atoms with E-state index in [-0.39, 0.29) is 5.56 Å². The molecular formula is C17H13N9O. The minimum absolute atomic E-state index is 0.242. The number of hydrogen-bond acceptors (Lipinski definition) is 7. The van der Waals surface area contributed by atoms with Gasteiger partial charge in [-0.1, -0.05) is 0 Å². The Balaban J connectivity index is 1.77. The second-order valence-corrected chi connectivity index (χ2v) is 6.01. The molecule has 0 aromatic carbocycles. The molecule has 0 spiro atoms. The lowest BCUT2D eigenvalue weighted by Crippen LogP contribution is -2.27. The van der Waals surface area contributed by atoms with Crippen LogP contribution in [0.2, 0.25) is 0 Å². The van der Waals surface area contributed by atoms with Crippen molar-refractivity contribution in [2.45, 2.75) is 13.8 Å². The molecule has 10 nitrogen and oxygen atoms in total. The summed E-state index contributed by atoms with van der Waals surface area (Å²) >= 11 is 0. The fourth-order valence-electron chi connectivity index (χ4n) is 3.07. The summed E-state index contributed by atoms with van der Waals surface area (Å²) in [6, 6.07) is 5.44. The number of pyridine rings is 2. The molecule has 0 fully saturated rings. The van der Waals surface area contributed by atoms with Gasteiger partial charge in [0.15, 0.2) is 5.82 Å². The first-order valence-corrected chi connectivity index (χ1v) is 8.20. The molecule has 0 radical (unpaired) electrons. The number of aryl methyl sites for hydroxylation is 2. The van der Waals surface area contributed by atoms with Crippen LogP contribution in [0.25, 0.3) is 28.1 Å². The van der Waals surface area contributed by atoms with Crippen LogP contribution in [-0.4, -0.2) is 44.1 Å². The Morgan fingerprint density at radius 1 is 1.00 bits per heavy atom. The molecule has 5 rings (SSSR count). The van der Waals surface area contributed by atoms with Gasteiger partial charge in [0.2, 0.25) is 0 Å². The molecule has 5 aromatic rings. The summed E-state index contributed by atoms with van der Waals surface area (Å²) in [5.41, 5.74) is 1.21. The van der Waals surface area contributed by atoms with Crippen molar-refractivity contribution in [2.75, 3.05) is 0 Å². The summed E-state index contributed by atoms with van der Waals surface area (Å²) in [7, 11) is 0. The van der Waals surface area contributed by atoms with Crippen molar-refractivity contribution >= 4 is 16.7 Å². The largest absolute Gasteiger partial charge is 0.280 e. The van der Waals surface area contributed by atoms with Gasteiger partial charge >= 0.3 is 0 Å². The second kappa shape index (κ2) is 5.53. The van der Waals surface area contributed by atoms with Crippen LogP contribution in [0.5, 0.6) is 0 Å². The number of hydrogen-bond donors (Lipinski definition) is 0. The van der Waals surface area contributed by atoms with Crippen LogP contribution in [0.1, 0.15) is 11.6 Å². The summed E-state index contributed by atoms with van der Waals surface area (Å²) in [6.07, 6.45) is 6.54. The third-order valence-electron chi connectivity index (χ3n) is 4.32. The van der Waals surface area contributed by atoms with Crippen LogP contribution in [0.4, 0.5) is 0 Å². The smallest absolute Gasteiger partial charge is 0.267 e. The molecule has 0 aliphatic heterocycles. The predicted molar refractivity (Wildman–Crippen MR) is 96.1 cm³/mol. The fraction of sp³-hybridized carbons (Fsp3) is 0.118. The molecule has 5 heterocycles. The van der Waals surface area contributed by atoms with E-state index in [0.717, 1.165) is 5.56 Å². The van der Waals surface area contributed by atoms with Gasteiger partial charge in [-0.3, -0.25) is 9.78 Å². The topological polar surface area (TPSA) is 109 Å². The first-order valence-electron chi connectivity index (χ1n) is 8.20. The SMILES string of the molecule is Cc1nnc(C)n1-n1ccc2c(cnc3nc(-c4ccncc4)nn32)c1=O. The molecule has 5 aromatic heterocycles. The molecule has 10 heteroatoms. The molecule has 0 atom stereocenters. The molecule has 132 valence electrons. The third-order valence-corrected chi connectivity index (χ3v) is 4.32. The van der Waals surface area contributed by atoms with E-state index in [0.29, 0.717) is 34.2 Å². The normalized spacial score (nSPS) is 11.5. The van der Waals surface area contributed by atoms with Crippen LogP contribution in [-0.2, 0) is 0 Å². The summed E-state index contributed by atoms with van der Waals surface area (Å²) in [5.74, 6) is 2.17. The Bertz CT molecular complexity index is 1340. The van der Waals surface area contributed by atoms with E-state index in [1.807, 2.05) is 12.1 Å². The molecule has 0 bridgehead atoms. The predicted octanol–water partition coefficient (Wildman–Crippen LogP) is 1.02. The van der Waals surface area contributed by atoms with Crippen molar-refractivity contribution in [3.8, 4) is 11.4 Å². The fourth-order valence-corrected chi connectivity index (χ4v) is 3.07. The number of nitrogens with zero attached hydrogens (tertiary/aromatic N) is 9. The summed E-state index contributed by atoms with van der Waals surface area (Å²) in [4.78, 5) is 25.8. The van der Waals surface area contributed by atoms with E-state index in [1.54, 1.807) is 47.7 Å². The average molecular weight is 359 g/mol. The number of aromatic nitrogens is 9. The molecule has 0 saturated carbocycles. The van der Waals surface area contributed by atoms with Gasteiger partial charge in [-0.2, -0.15) is 9.50 Å². The van der Waals surface area contributed by atoms with Crippen LogP contribution in [0, 0.1) is 13.8 Å². The van der Waals surface area contributed by atoms with E-state index in [4.69, 9.17) is 0 Å². The Labute approximate surface area is 151 Å². The summed E-state index contributed by atoms with van der Waals surface area (Å²) < 4.78 is 4.68. The van der Waals surface area contributed by atoms with Gasteiger partial charge < -0.3 is 0 Å². The molecule has 27 heavy (non-hydrogen) atoms. The Hall–Kier alpha value is -3.95. The highest BCUT2D eigenvalue weighted by Gasteiger charge is 2.14. The van der Waals surface area contributed by atoms with Gasteiger partial charge in [0.05, 0.1) is 10.9 Å². The van der Waals surface area contributed by atoms with Gasteiger partial charge in [0.25, 0.3) is 11.3 Å². The van der Waals surface area contributed by atoms with Crippen molar-refractivity contribution in [1.29, 1.82) is 0 Å². The molecule has 0 aliphatic carbocycles. The highest BCUT2D eigenvalue weighted by atomic mass is 16.1. The Morgan fingerprint density at radius 2 is 1.74 bits per heavy atom. The average Bonchev–Trinajstić information content (AvgIpc) is 3.27. The van der Waals surface area contributed by atoms with Crippen molar-refractivity contribution in [1.82, 2.24) is 44.1 Å². The van der Waals surface area contributed by atoms with Crippen LogP contribution < -0.4 is 5.56 Å². The van der Waals surface area contributed by atoms with E-state index in [2.05, 4.69) is 30.2 Å². The molecule has 0 N–H and O–H groups in total. The lowest BCUT2D eigenvalue weighted by molar-refractivity contribution is 0.594.